The Morgan fingerprint density at radius 1 is 1.60 bits per heavy atom. The number of ether oxygens (including phenoxy) is 1. The fraction of sp³-hybridized carbons (Fsp3) is 0.600. The third-order valence-electron chi connectivity index (χ3n) is 0.691. The molecule has 0 radical (unpaired) electrons. The van der Waals surface area contributed by atoms with Crippen molar-refractivity contribution in [2.45, 2.75) is 6.92 Å². The summed E-state index contributed by atoms with van der Waals surface area (Å²) < 4.78 is 32.9. The van der Waals surface area contributed by atoms with Gasteiger partial charge in [0.1, 0.15) is 12.4 Å². The van der Waals surface area contributed by atoms with E-state index in [1.165, 1.54) is 6.26 Å². The highest BCUT2D eigenvalue weighted by Crippen LogP contribution is 1.83. The quantitative estimate of drug-likeness (QED) is 0.373. The molecule has 0 aliphatic rings. The van der Waals surface area contributed by atoms with Crippen LogP contribution in [0.1, 0.15) is 6.92 Å². The largest absolute Gasteiger partial charge is 0.500 e. The van der Waals surface area contributed by atoms with Gasteiger partial charge in [-0.2, -0.15) is 8.42 Å². The summed E-state index contributed by atoms with van der Waals surface area (Å²) in [6.45, 7) is 1.73. The van der Waals surface area contributed by atoms with Gasteiger partial charge in [0.15, 0.2) is 0 Å². The second kappa shape index (κ2) is 4.29. The summed E-state index contributed by atoms with van der Waals surface area (Å²) in [5.74, 6) is -0.364. The van der Waals surface area contributed by atoms with Gasteiger partial charge in [-0.1, -0.05) is 6.08 Å². The zero-order valence-electron chi connectivity index (χ0n) is 5.65. The van der Waals surface area contributed by atoms with Gasteiger partial charge in [-0.05, 0) is 6.92 Å². The van der Waals surface area contributed by atoms with E-state index in [1.54, 1.807) is 13.0 Å². The van der Waals surface area contributed by atoms with E-state index in [1.807, 2.05) is 0 Å². The van der Waals surface area contributed by atoms with Crippen molar-refractivity contribution in [1.29, 1.82) is 0 Å². The third-order valence-corrected chi connectivity index (χ3v) is 1.37. The van der Waals surface area contributed by atoms with Gasteiger partial charge in [0, 0.05) is 0 Å². The topological polar surface area (TPSA) is 63.6 Å². The highest BCUT2D eigenvalue weighted by molar-refractivity contribution is 7.85. The molecular formula is C5H10O4S. The lowest BCUT2D eigenvalue weighted by molar-refractivity contribution is 0.267. The molecule has 0 aliphatic heterocycles. The first kappa shape index (κ1) is 9.45. The van der Waals surface area contributed by atoms with Crippen molar-refractivity contribution in [3.05, 3.63) is 12.3 Å². The van der Waals surface area contributed by atoms with Gasteiger partial charge in [0.05, 0.1) is 6.26 Å². The molecule has 0 saturated heterocycles. The zero-order chi connectivity index (χ0) is 8.04. The van der Waals surface area contributed by atoms with Gasteiger partial charge in [-0.25, -0.2) is 0 Å². The van der Waals surface area contributed by atoms with Crippen LogP contribution >= 0.6 is 0 Å². The Bertz CT molecular complexity index is 192. The van der Waals surface area contributed by atoms with Crippen LogP contribution < -0.4 is 0 Å². The first-order valence-electron chi connectivity index (χ1n) is 2.74. The minimum atomic E-state index is -3.86. The Balaban J connectivity index is 3.39. The van der Waals surface area contributed by atoms with Gasteiger partial charge in [-0.3, -0.25) is 4.55 Å². The van der Waals surface area contributed by atoms with E-state index in [-0.39, 0.29) is 12.4 Å². The first-order chi connectivity index (χ1) is 4.56. The molecule has 0 aliphatic carbocycles. The molecule has 0 atom stereocenters. The molecule has 10 heavy (non-hydrogen) atoms. The minimum Gasteiger partial charge on any atom is -0.500 e. The van der Waals surface area contributed by atoms with E-state index in [0.717, 1.165) is 0 Å². The van der Waals surface area contributed by atoms with E-state index in [9.17, 15) is 8.42 Å². The first-order valence-corrected chi connectivity index (χ1v) is 4.35. The van der Waals surface area contributed by atoms with Crippen LogP contribution in [0.3, 0.4) is 0 Å². The molecule has 0 spiro atoms. The van der Waals surface area contributed by atoms with Gasteiger partial charge in [0.25, 0.3) is 10.1 Å². The van der Waals surface area contributed by atoms with Crippen LogP contribution in [-0.4, -0.2) is 25.3 Å². The Morgan fingerprint density at radius 2 is 2.20 bits per heavy atom. The molecule has 0 fully saturated rings. The molecule has 0 saturated carbocycles. The Kier molecular flexibility index (Phi) is 4.06. The Morgan fingerprint density at radius 3 is 2.60 bits per heavy atom. The van der Waals surface area contributed by atoms with Crippen LogP contribution in [-0.2, 0) is 14.9 Å². The SMILES string of the molecule is CC=COCCS(=O)(=O)O. The normalized spacial score (nSPS) is 12.2. The molecule has 0 amide bonds. The number of hydrogen-bond donors (Lipinski definition) is 1. The van der Waals surface area contributed by atoms with Crippen LogP contribution in [0, 0.1) is 0 Å². The zero-order valence-corrected chi connectivity index (χ0v) is 6.47. The van der Waals surface area contributed by atoms with Crippen molar-refractivity contribution < 1.29 is 17.7 Å². The summed E-state index contributed by atoms with van der Waals surface area (Å²) in [4.78, 5) is 0. The molecule has 0 rings (SSSR count). The van der Waals surface area contributed by atoms with Gasteiger partial charge >= 0.3 is 0 Å². The molecule has 0 heterocycles. The molecule has 0 unspecified atom stereocenters. The van der Waals surface area contributed by atoms with Crippen molar-refractivity contribution in [3.8, 4) is 0 Å². The highest BCUT2D eigenvalue weighted by atomic mass is 32.2. The van der Waals surface area contributed by atoms with Crippen molar-refractivity contribution in [2.24, 2.45) is 0 Å². The highest BCUT2D eigenvalue weighted by Gasteiger charge is 2.01. The molecule has 4 nitrogen and oxygen atoms in total. The molecule has 60 valence electrons. The maximum absolute atomic E-state index is 10.0. The summed E-state index contributed by atoms with van der Waals surface area (Å²) in [7, 11) is -3.86. The average molecular weight is 166 g/mol. The molecular weight excluding hydrogens is 156 g/mol. The molecule has 0 aromatic carbocycles. The number of rotatable bonds is 4. The summed E-state index contributed by atoms with van der Waals surface area (Å²) in [5.41, 5.74) is 0. The van der Waals surface area contributed by atoms with E-state index in [4.69, 9.17) is 4.55 Å². The van der Waals surface area contributed by atoms with Crippen LogP contribution in [0.5, 0.6) is 0 Å². The van der Waals surface area contributed by atoms with Crippen LogP contribution in [0.25, 0.3) is 0 Å². The summed E-state index contributed by atoms with van der Waals surface area (Å²) in [6, 6.07) is 0. The summed E-state index contributed by atoms with van der Waals surface area (Å²) in [6.07, 6.45) is 3.00. The monoisotopic (exact) mass is 166 g/mol. The maximum Gasteiger partial charge on any atom is 0.268 e. The lowest BCUT2D eigenvalue weighted by atomic mass is 10.7. The molecule has 5 heteroatoms. The average Bonchev–Trinajstić information content (AvgIpc) is 1.78. The smallest absolute Gasteiger partial charge is 0.268 e. The fourth-order valence-corrected chi connectivity index (χ4v) is 0.625. The molecule has 0 aromatic heterocycles. The van der Waals surface area contributed by atoms with Gasteiger partial charge in [0.2, 0.25) is 0 Å². The molecule has 0 bridgehead atoms. The van der Waals surface area contributed by atoms with E-state index in [0.29, 0.717) is 0 Å². The van der Waals surface area contributed by atoms with Crippen LogP contribution in [0.2, 0.25) is 0 Å². The minimum absolute atomic E-state index is 0.0107. The lowest BCUT2D eigenvalue weighted by Crippen LogP contribution is -2.08. The second-order valence-corrected chi connectivity index (χ2v) is 3.20. The van der Waals surface area contributed by atoms with E-state index < -0.39 is 10.1 Å². The predicted octanol–water partition coefficient (Wildman–Crippen LogP) is 0.424. The summed E-state index contributed by atoms with van der Waals surface area (Å²) >= 11 is 0. The van der Waals surface area contributed by atoms with Crippen LogP contribution in [0.15, 0.2) is 12.3 Å². The van der Waals surface area contributed by atoms with Crippen LogP contribution in [0.4, 0.5) is 0 Å². The second-order valence-electron chi connectivity index (χ2n) is 1.63. The Labute approximate surface area is 60.3 Å². The fourth-order valence-electron chi connectivity index (χ4n) is 0.318. The number of allylic oxidation sites excluding steroid dienone is 1. The standard InChI is InChI=1S/C5H10O4S/c1-2-3-9-4-5-10(6,7)8/h2-3H,4-5H2,1H3,(H,6,7,8). The van der Waals surface area contributed by atoms with Gasteiger partial charge in [-0.15, -0.1) is 0 Å². The van der Waals surface area contributed by atoms with Gasteiger partial charge < -0.3 is 4.74 Å². The van der Waals surface area contributed by atoms with E-state index >= 15 is 0 Å². The molecule has 1 N–H and O–H groups in total. The third kappa shape index (κ3) is 7.45. The van der Waals surface area contributed by atoms with Crippen molar-refractivity contribution in [3.63, 3.8) is 0 Å². The molecule has 0 aromatic rings. The maximum atomic E-state index is 10.0. The van der Waals surface area contributed by atoms with E-state index in [2.05, 4.69) is 4.74 Å². The van der Waals surface area contributed by atoms with Crippen molar-refractivity contribution >= 4 is 10.1 Å². The Hall–Kier alpha value is -0.550. The number of hydrogen-bond acceptors (Lipinski definition) is 3. The predicted molar refractivity (Wildman–Crippen MR) is 37.2 cm³/mol. The summed E-state index contributed by atoms with van der Waals surface area (Å²) in [5, 5.41) is 0. The van der Waals surface area contributed by atoms with Crippen molar-refractivity contribution in [1.82, 2.24) is 0 Å². The van der Waals surface area contributed by atoms with Crippen molar-refractivity contribution in [2.75, 3.05) is 12.4 Å². The lowest BCUT2D eigenvalue weighted by Gasteiger charge is -1.95.